The van der Waals surface area contributed by atoms with Crippen LogP contribution >= 0.6 is 27.3 Å². The predicted molar refractivity (Wildman–Crippen MR) is 110 cm³/mol. The summed E-state index contributed by atoms with van der Waals surface area (Å²) in [5.74, 6) is 0.416. The van der Waals surface area contributed by atoms with Crippen LogP contribution in [0.5, 0.6) is 11.5 Å². The Kier molecular flexibility index (Phi) is 5.52. The van der Waals surface area contributed by atoms with E-state index in [2.05, 4.69) is 26.2 Å². The summed E-state index contributed by atoms with van der Waals surface area (Å²) in [6.07, 6.45) is 0. The van der Waals surface area contributed by atoms with E-state index >= 15 is 0 Å². The number of amides is 1. The number of carbonyl (C=O) groups is 1. The molecular weight excluding hydrogens is 450 g/mol. The van der Waals surface area contributed by atoms with Gasteiger partial charge in [0, 0.05) is 10.5 Å². The summed E-state index contributed by atoms with van der Waals surface area (Å²) in [7, 11) is 1.41. The van der Waals surface area contributed by atoms with Crippen molar-refractivity contribution < 1.29 is 19.2 Å². The summed E-state index contributed by atoms with van der Waals surface area (Å²) in [4.78, 5) is 27.6. The summed E-state index contributed by atoms with van der Waals surface area (Å²) in [5, 5.41) is 14.1. The molecule has 1 heterocycles. The number of benzene rings is 2. The van der Waals surface area contributed by atoms with Gasteiger partial charge in [0.05, 0.1) is 22.8 Å². The molecule has 8 nitrogen and oxygen atoms in total. The third kappa shape index (κ3) is 4.23. The molecule has 0 fully saturated rings. The summed E-state index contributed by atoms with van der Waals surface area (Å²) in [6.45, 7) is 3.28. The lowest BCUT2D eigenvalue weighted by Crippen LogP contribution is -2.42. The van der Waals surface area contributed by atoms with Gasteiger partial charge >= 0.3 is 0 Å². The first-order chi connectivity index (χ1) is 13.2. The quantitative estimate of drug-likeness (QED) is 0.415. The summed E-state index contributed by atoms with van der Waals surface area (Å²) < 4.78 is 12.4. The zero-order chi connectivity index (χ0) is 20.5. The van der Waals surface area contributed by atoms with Crippen molar-refractivity contribution in [1.82, 2.24) is 4.98 Å². The number of aromatic nitrogens is 1. The SMILES string of the molecule is COc1cc([N+](=O)[O-])cc2sc(NC(=O)C(C)(C)Oc3ccc(Br)cc3)nc12. The topological polar surface area (TPSA) is 104 Å². The lowest BCUT2D eigenvalue weighted by molar-refractivity contribution is -0.384. The number of anilines is 1. The molecule has 1 N–H and O–H groups in total. The fourth-order valence-electron chi connectivity index (χ4n) is 2.39. The third-order valence-electron chi connectivity index (χ3n) is 3.83. The molecule has 0 unspecified atom stereocenters. The van der Waals surface area contributed by atoms with Gasteiger partial charge in [0.2, 0.25) is 0 Å². The average molecular weight is 466 g/mol. The van der Waals surface area contributed by atoms with Crippen LogP contribution < -0.4 is 14.8 Å². The molecule has 10 heteroatoms. The smallest absolute Gasteiger partial charge is 0.274 e. The number of hydrogen-bond donors (Lipinski definition) is 1. The van der Waals surface area contributed by atoms with Crippen molar-refractivity contribution in [1.29, 1.82) is 0 Å². The molecule has 0 radical (unpaired) electrons. The van der Waals surface area contributed by atoms with Crippen molar-refractivity contribution in [3.63, 3.8) is 0 Å². The maximum absolute atomic E-state index is 12.7. The van der Waals surface area contributed by atoms with E-state index < -0.39 is 16.4 Å². The number of ether oxygens (including phenoxy) is 2. The molecule has 1 amide bonds. The van der Waals surface area contributed by atoms with E-state index in [1.165, 1.54) is 19.2 Å². The second-order valence-corrected chi connectivity index (χ2v) is 8.24. The Balaban J connectivity index is 1.83. The van der Waals surface area contributed by atoms with E-state index in [0.29, 0.717) is 21.1 Å². The maximum Gasteiger partial charge on any atom is 0.274 e. The van der Waals surface area contributed by atoms with E-state index in [-0.39, 0.29) is 11.4 Å². The van der Waals surface area contributed by atoms with E-state index in [9.17, 15) is 14.9 Å². The highest BCUT2D eigenvalue weighted by molar-refractivity contribution is 9.10. The Morgan fingerprint density at radius 1 is 1.29 bits per heavy atom. The van der Waals surface area contributed by atoms with Crippen LogP contribution in [0, 0.1) is 10.1 Å². The second kappa shape index (κ2) is 7.72. The number of nitrogens with one attached hydrogen (secondary N) is 1. The number of rotatable bonds is 6. The van der Waals surface area contributed by atoms with Crippen molar-refractivity contribution in [3.05, 3.63) is 51.0 Å². The van der Waals surface area contributed by atoms with E-state index in [1.807, 2.05) is 12.1 Å². The number of methoxy groups -OCH3 is 1. The first-order valence-corrected chi connectivity index (χ1v) is 9.69. The van der Waals surface area contributed by atoms with Crippen molar-refractivity contribution in [2.45, 2.75) is 19.4 Å². The molecule has 28 heavy (non-hydrogen) atoms. The predicted octanol–water partition coefficient (Wildman–Crippen LogP) is 4.77. The highest BCUT2D eigenvalue weighted by atomic mass is 79.9. The Hall–Kier alpha value is -2.72. The minimum atomic E-state index is -1.16. The van der Waals surface area contributed by atoms with Crippen LogP contribution in [-0.4, -0.2) is 28.5 Å². The van der Waals surface area contributed by atoms with Gasteiger partial charge in [-0.15, -0.1) is 0 Å². The standard InChI is InChI=1S/C18H16BrN3O5S/c1-18(2,27-12-6-4-10(19)5-7-12)16(23)21-17-20-15-13(26-3)8-11(22(24)25)9-14(15)28-17/h4-9H,1-3H3,(H,20,21,23). The lowest BCUT2D eigenvalue weighted by Gasteiger charge is -2.24. The molecule has 0 saturated heterocycles. The first-order valence-electron chi connectivity index (χ1n) is 8.08. The van der Waals surface area contributed by atoms with Gasteiger partial charge in [0.15, 0.2) is 16.5 Å². The fourth-order valence-corrected chi connectivity index (χ4v) is 3.57. The van der Waals surface area contributed by atoms with Crippen LogP contribution in [0.25, 0.3) is 10.2 Å². The zero-order valence-electron chi connectivity index (χ0n) is 15.2. The van der Waals surface area contributed by atoms with Crippen LogP contribution in [0.1, 0.15) is 13.8 Å². The molecule has 0 saturated carbocycles. The largest absolute Gasteiger partial charge is 0.494 e. The number of hydrogen-bond acceptors (Lipinski definition) is 7. The van der Waals surface area contributed by atoms with Gasteiger partial charge in [0.1, 0.15) is 11.3 Å². The van der Waals surface area contributed by atoms with Crippen LogP contribution in [0.4, 0.5) is 10.8 Å². The Morgan fingerprint density at radius 3 is 2.57 bits per heavy atom. The molecule has 1 aromatic heterocycles. The minimum absolute atomic E-state index is 0.107. The second-order valence-electron chi connectivity index (χ2n) is 6.29. The number of nitro groups is 1. The molecule has 146 valence electrons. The monoisotopic (exact) mass is 465 g/mol. The Labute approximate surface area is 172 Å². The van der Waals surface area contributed by atoms with Crippen LogP contribution in [0.2, 0.25) is 0 Å². The molecule has 0 atom stereocenters. The molecular formula is C18H16BrN3O5S. The van der Waals surface area contributed by atoms with E-state index in [4.69, 9.17) is 9.47 Å². The lowest BCUT2D eigenvalue weighted by atomic mass is 10.1. The third-order valence-corrected chi connectivity index (χ3v) is 5.28. The summed E-state index contributed by atoms with van der Waals surface area (Å²) in [5.41, 5.74) is -0.827. The van der Waals surface area contributed by atoms with Crippen molar-refractivity contribution in [2.24, 2.45) is 0 Å². The fraction of sp³-hybridized carbons (Fsp3) is 0.222. The number of thiazole rings is 1. The molecule has 0 aliphatic carbocycles. The van der Waals surface area contributed by atoms with E-state index in [0.717, 1.165) is 15.8 Å². The minimum Gasteiger partial charge on any atom is -0.494 e. The zero-order valence-corrected chi connectivity index (χ0v) is 17.6. The van der Waals surface area contributed by atoms with Gasteiger partial charge < -0.3 is 9.47 Å². The molecule has 0 spiro atoms. The van der Waals surface area contributed by atoms with Crippen LogP contribution in [0.15, 0.2) is 40.9 Å². The number of halogens is 1. The molecule has 2 aromatic carbocycles. The normalized spacial score (nSPS) is 11.3. The first kappa shape index (κ1) is 20.0. The average Bonchev–Trinajstić information content (AvgIpc) is 3.04. The van der Waals surface area contributed by atoms with Crippen molar-refractivity contribution >= 4 is 54.2 Å². The van der Waals surface area contributed by atoms with Crippen molar-refractivity contribution in [2.75, 3.05) is 12.4 Å². The number of nitrogens with zero attached hydrogens (tertiary/aromatic N) is 2. The van der Waals surface area contributed by atoms with Gasteiger partial charge in [-0.25, -0.2) is 4.98 Å². The van der Waals surface area contributed by atoms with Crippen LogP contribution in [-0.2, 0) is 4.79 Å². The number of non-ortho nitro benzene ring substituents is 1. The highest BCUT2D eigenvalue weighted by Crippen LogP contribution is 2.36. The van der Waals surface area contributed by atoms with Gasteiger partial charge in [0.25, 0.3) is 11.6 Å². The molecule has 0 aliphatic rings. The summed E-state index contributed by atoms with van der Waals surface area (Å²) >= 11 is 4.47. The van der Waals surface area contributed by atoms with Gasteiger partial charge in [-0.2, -0.15) is 0 Å². The van der Waals surface area contributed by atoms with Crippen molar-refractivity contribution in [3.8, 4) is 11.5 Å². The molecule has 0 aliphatic heterocycles. The number of fused-ring (bicyclic) bond motifs is 1. The van der Waals surface area contributed by atoms with Gasteiger partial charge in [-0.05, 0) is 38.1 Å². The highest BCUT2D eigenvalue weighted by Gasteiger charge is 2.31. The Morgan fingerprint density at radius 2 is 1.96 bits per heavy atom. The number of carbonyl (C=O) groups excluding carboxylic acids is 1. The molecule has 0 bridgehead atoms. The molecule has 3 rings (SSSR count). The number of nitro benzene ring substituents is 1. The Bertz CT molecular complexity index is 1050. The van der Waals surface area contributed by atoms with Gasteiger partial charge in [-0.1, -0.05) is 27.3 Å². The van der Waals surface area contributed by atoms with Gasteiger partial charge in [-0.3, -0.25) is 20.2 Å². The van der Waals surface area contributed by atoms with E-state index in [1.54, 1.807) is 26.0 Å². The van der Waals surface area contributed by atoms with Crippen LogP contribution in [0.3, 0.4) is 0 Å². The maximum atomic E-state index is 12.7. The molecule has 3 aromatic rings. The summed E-state index contributed by atoms with van der Waals surface area (Å²) in [6, 6.07) is 9.83.